The van der Waals surface area contributed by atoms with Gasteiger partial charge in [0.2, 0.25) is 0 Å². The molecule has 0 radical (unpaired) electrons. The van der Waals surface area contributed by atoms with Crippen molar-refractivity contribution in [2.24, 2.45) is 0 Å². The highest BCUT2D eigenvalue weighted by molar-refractivity contribution is 7.15. The lowest BCUT2D eigenvalue weighted by Crippen LogP contribution is -2.24. The Kier molecular flexibility index (Phi) is 5.64. The molecule has 1 saturated carbocycles. The number of aryl methyl sites for hydroxylation is 1. The average molecular weight is 281 g/mol. The maximum absolute atomic E-state index is 4.87. The fourth-order valence-electron chi connectivity index (χ4n) is 2.29. The third-order valence-corrected chi connectivity index (χ3v) is 4.65. The highest BCUT2D eigenvalue weighted by Gasteiger charge is 2.22. The van der Waals surface area contributed by atoms with Crippen LogP contribution in [-0.4, -0.2) is 24.1 Å². The first-order valence-electron chi connectivity index (χ1n) is 7.75. The zero-order chi connectivity index (χ0) is 13.7. The molecular weight excluding hydrogens is 254 g/mol. The van der Waals surface area contributed by atoms with Crippen molar-refractivity contribution in [3.63, 3.8) is 0 Å². The molecule has 0 aliphatic heterocycles. The zero-order valence-corrected chi connectivity index (χ0v) is 13.4. The lowest BCUT2D eigenvalue weighted by molar-refractivity contribution is 0.689. The maximum Gasteiger partial charge on any atom is 0.185 e. The molecule has 0 bridgehead atoms. The van der Waals surface area contributed by atoms with E-state index in [-0.39, 0.29) is 0 Å². The van der Waals surface area contributed by atoms with Crippen molar-refractivity contribution in [3.05, 3.63) is 10.6 Å². The van der Waals surface area contributed by atoms with E-state index in [0.717, 1.165) is 32.1 Å². The van der Waals surface area contributed by atoms with Crippen LogP contribution >= 0.6 is 11.3 Å². The van der Waals surface area contributed by atoms with E-state index in [1.807, 2.05) is 11.3 Å². The number of nitrogens with one attached hydrogen (secondary N) is 1. The van der Waals surface area contributed by atoms with Gasteiger partial charge in [0.15, 0.2) is 5.13 Å². The van der Waals surface area contributed by atoms with Crippen LogP contribution in [-0.2, 0) is 13.0 Å². The summed E-state index contributed by atoms with van der Waals surface area (Å²) in [6.45, 7) is 9.96. The van der Waals surface area contributed by atoms with Crippen LogP contribution in [0.15, 0.2) is 0 Å². The molecule has 0 aromatic carbocycles. The molecule has 1 aromatic rings. The molecule has 4 heteroatoms. The van der Waals surface area contributed by atoms with Crippen LogP contribution in [0.4, 0.5) is 5.13 Å². The molecule has 2 rings (SSSR count). The number of anilines is 1. The first kappa shape index (κ1) is 14.8. The fraction of sp³-hybridized carbons (Fsp3) is 0.800. The van der Waals surface area contributed by atoms with Crippen molar-refractivity contribution >= 4 is 16.5 Å². The highest BCUT2D eigenvalue weighted by Crippen LogP contribution is 2.28. The smallest absolute Gasteiger partial charge is 0.185 e. The molecule has 1 fully saturated rings. The molecule has 0 atom stereocenters. The van der Waals surface area contributed by atoms with Crippen molar-refractivity contribution in [1.29, 1.82) is 0 Å². The van der Waals surface area contributed by atoms with E-state index >= 15 is 0 Å². The van der Waals surface area contributed by atoms with Crippen molar-refractivity contribution in [2.45, 2.75) is 65.5 Å². The number of rotatable bonds is 9. The minimum absolute atomic E-state index is 0.776. The molecule has 3 nitrogen and oxygen atoms in total. The van der Waals surface area contributed by atoms with Crippen molar-refractivity contribution in [3.8, 4) is 0 Å². The quantitative estimate of drug-likeness (QED) is 0.750. The van der Waals surface area contributed by atoms with Gasteiger partial charge in [-0.1, -0.05) is 20.8 Å². The molecule has 1 aliphatic rings. The Morgan fingerprint density at radius 1 is 1.21 bits per heavy atom. The molecule has 1 aromatic heterocycles. The zero-order valence-electron chi connectivity index (χ0n) is 12.5. The van der Waals surface area contributed by atoms with Crippen molar-refractivity contribution in [2.75, 3.05) is 18.0 Å². The van der Waals surface area contributed by atoms with Gasteiger partial charge in [-0.25, -0.2) is 4.98 Å². The highest BCUT2D eigenvalue weighted by atomic mass is 32.1. The molecule has 1 aliphatic carbocycles. The Labute approximate surface area is 121 Å². The molecule has 1 N–H and O–H groups in total. The van der Waals surface area contributed by atoms with Gasteiger partial charge in [-0.05, 0) is 32.1 Å². The average Bonchev–Trinajstić information content (AvgIpc) is 3.15. The Bertz CT molecular complexity index is 379. The van der Waals surface area contributed by atoms with E-state index in [1.54, 1.807) is 0 Å². The summed E-state index contributed by atoms with van der Waals surface area (Å²) in [4.78, 5) is 8.76. The van der Waals surface area contributed by atoms with E-state index in [4.69, 9.17) is 4.98 Å². The predicted octanol–water partition coefficient (Wildman–Crippen LogP) is 3.58. The van der Waals surface area contributed by atoms with Crippen LogP contribution in [0.3, 0.4) is 0 Å². The molecule has 0 unspecified atom stereocenters. The Balaban J connectivity index is 2.05. The number of thiazole rings is 1. The van der Waals surface area contributed by atoms with Gasteiger partial charge in [-0.15, -0.1) is 11.3 Å². The molecule has 19 heavy (non-hydrogen) atoms. The van der Waals surface area contributed by atoms with Gasteiger partial charge in [0.1, 0.15) is 0 Å². The van der Waals surface area contributed by atoms with E-state index in [1.165, 1.54) is 41.4 Å². The largest absolute Gasteiger partial charge is 0.348 e. The van der Waals surface area contributed by atoms with Crippen LogP contribution in [0.25, 0.3) is 0 Å². The summed E-state index contributed by atoms with van der Waals surface area (Å²) >= 11 is 1.89. The molecule has 1 heterocycles. The van der Waals surface area contributed by atoms with E-state index in [2.05, 4.69) is 31.0 Å². The first-order valence-corrected chi connectivity index (χ1v) is 8.57. The van der Waals surface area contributed by atoms with Gasteiger partial charge in [0, 0.05) is 30.6 Å². The minimum atomic E-state index is 0.776. The molecule has 0 saturated heterocycles. The van der Waals surface area contributed by atoms with E-state index < -0.39 is 0 Å². The monoisotopic (exact) mass is 281 g/mol. The van der Waals surface area contributed by atoms with Gasteiger partial charge in [0.25, 0.3) is 0 Å². The normalized spacial score (nSPS) is 14.9. The Hall–Kier alpha value is -0.610. The first-order chi connectivity index (χ1) is 9.28. The molecule has 0 amide bonds. The second-order valence-corrected chi connectivity index (χ2v) is 6.42. The summed E-state index contributed by atoms with van der Waals surface area (Å²) in [6.07, 6.45) is 6.13. The summed E-state index contributed by atoms with van der Waals surface area (Å²) in [7, 11) is 0. The van der Waals surface area contributed by atoms with Crippen LogP contribution in [0.1, 0.15) is 57.0 Å². The topological polar surface area (TPSA) is 28.2 Å². The van der Waals surface area contributed by atoms with Crippen LogP contribution in [0.2, 0.25) is 0 Å². The summed E-state index contributed by atoms with van der Waals surface area (Å²) in [5, 5.41) is 4.85. The molecule has 0 spiro atoms. The summed E-state index contributed by atoms with van der Waals surface area (Å²) in [5.41, 5.74) is 1.30. The summed E-state index contributed by atoms with van der Waals surface area (Å²) < 4.78 is 0. The van der Waals surface area contributed by atoms with Crippen molar-refractivity contribution in [1.82, 2.24) is 10.3 Å². The second-order valence-electron chi connectivity index (χ2n) is 5.36. The predicted molar refractivity (Wildman–Crippen MR) is 84.1 cm³/mol. The van der Waals surface area contributed by atoms with Gasteiger partial charge in [0.05, 0.1) is 5.69 Å². The van der Waals surface area contributed by atoms with Gasteiger partial charge >= 0.3 is 0 Å². The summed E-state index contributed by atoms with van der Waals surface area (Å²) in [6, 6.07) is 0.776. The standard InChI is InChI=1S/C15H27N3S/c1-4-9-18(10-5-2)15-17-13(6-3)14(19-15)11-16-12-7-8-12/h12,16H,4-11H2,1-3H3. The van der Waals surface area contributed by atoms with E-state index in [0.29, 0.717) is 0 Å². The maximum atomic E-state index is 4.87. The Morgan fingerprint density at radius 2 is 1.89 bits per heavy atom. The SMILES string of the molecule is CCCN(CCC)c1nc(CC)c(CNC2CC2)s1. The van der Waals surface area contributed by atoms with Gasteiger partial charge in [-0.3, -0.25) is 0 Å². The third kappa shape index (κ3) is 4.18. The Morgan fingerprint density at radius 3 is 2.42 bits per heavy atom. The van der Waals surface area contributed by atoms with Crippen LogP contribution < -0.4 is 10.2 Å². The second kappa shape index (κ2) is 7.25. The van der Waals surface area contributed by atoms with Crippen molar-refractivity contribution < 1.29 is 0 Å². The lowest BCUT2D eigenvalue weighted by Gasteiger charge is -2.20. The van der Waals surface area contributed by atoms with Crippen LogP contribution in [0, 0.1) is 0 Å². The van der Waals surface area contributed by atoms with E-state index in [9.17, 15) is 0 Å². The minimum Gasteiger partial charge on any atom is -0.348 e. The van der Waals surface area contributed by atoms with Gasteiger partial charge in [-0.2, -0.15) is 0 Å². The third-order valence-electron chi connectivity index (χ3n) is 3.49. The summed E-state index contributed by atoms with van der Waals surface area (Å²) in [5.74, 6) is 0. The number of nitrogens with zero attached hydrogens (tertiary/aromatic N) is 2. The lowest BCUT2D eigenvalue weighted by atomic mass is 10.3. The molecular formula is C15H27N3S. The number of hydrogen-bond donors (Lipinski definition) is 1. The van der Waals surface area contributed by atoms with Gasteiger partial charge < -0.3 is 10.2 Å². The fourth-order valence-corrected chi connectivity index (χ4v) is 3.44. The van der Waals surface area contributed by atoms with Crippen LogP contribution in [0.5, 0.6) is 0 Å². The number of aromatic nitrogens is 1. The number of hydrogen-bond acceptors (Lipinski definition) is 4. The molecule has 108 valence electrons.